The van der Waals surface area contributed by atoms with Gasteiger partial charge in [-0.25, -0.2) is 0 Å². The van der Waals surface area contributed by atoms with Crippen molar-refractivity contribution in [2.75, 3.05) is 19.5 Å². The SMILES string of the molecule is COc1cc2c(cc1OC)C1=C(CC(=O)N2)c2cc(C)ccc2C1. The number of carbonyl (C=O) groups is 1. The molecular weight excluding hydrogens is 302 g/mol. The van der Waals surface area contributed by atoms with Crippen LogP contribution in [0.15, 0.2) is 30.3 Å². The maximum Gasteiger partial charge on any atom is 0.228 e. The van der Waals surface area contributed by atoms with E-state index in [0.717, 1.165) is 23.2 Å². The van der Waals surface area contributed by atoms with Gasteiger partial charge in [-0.2, -0.15) is 0 Å². The number of fused-ring (bicyclic) bond motifs is 4. The van der Waals surface area contributed by atoms with Crippen LogP contribution in [0.25, 0.3) is 11.1 Å². The molecule has 0 unspecified atom stereocenters. The largest absolute Gasteiger partial charge is 0.493 e. The minimum absolute atomic E-state index is 0.00262. The van der Waals surface area contributed by atoms with Crippen LogP contribution in [0.4, 0.5) is 5.69 Å². The van der Waals surface area contributed by atoms with Crippen molar-refractivity contribution >= 4 is 22.7 Å². The molecule has 0 spiro atoms. The van der Waals surface area contributed by atoms with Crippen molar-refractivity contribution in [3.05, 3.63) is 52.6 Å². The molecule has 0 bridgehead atoms. The number of amides is 1. The van der Waals surface area contributed by atoms with E-state index in [4.69, 9.17) is 9.47 Å². The van der Waals surface area contributed by atoms with Gasteiger partial charge in [-0.3, -0.25) is 4.79 Å². The van der Waals surface area contributed by atoms with Crippen molar-refractivity contribution in [2.45, 2.75) is 19.8 Å². The molecule has 2 aromatic carbocycles. The first-order chi connectivity index (χ1) is 11.6. The molecule has 2 aromatic rings. The smallest absolute Gasteiger partial charge is 0.228 e. The number of hydrogen-bond donors (Lipinski definition) is 1. The van der Waals surface area contributed by atoms with E-state index in [-0.39, 0.29) is 5.91 Å². The number of rotatable bonds is 2. The van der Waals surface area contributed by atoms with Gasteiger partial charge in [0.15, 0.2) is 11.5 Å². The third kappa shape index (κ3) is 2.18. The van der Waals surface area contributed by atoms with E-state index in [2.05, 4.69) is 30.4 Å². The summed E-state index contributed by atoms with van der Waals surface area (Å²) < 4.78 is 10.8. The minimum Gasteiger partial charge on any atom is -0.493 e. The molecule has 24 heavy (non-hydrogen) atoms. The standard InChI is InChI=1S/C20H19NO3/c1-11-4-5-12-7-14-15(13(12)6-11)9-20(22)21-17-10-19(24-3)18(23-2)8-16(14)17/h4-6,8,10H,7,9H2,1-3H3,(H,21,22). The van der Waals surface area contributed by atoms with Gasteiger partial charge in [0.25, 0.3) is 0 Å². The second-order valence-electron chi connectivity index (χ2n) is 6.27. The predicted molar refractivity (Wildman–Crippen MR) is 94.5 cm³/mol. The fourth-order valence-corrected chi connectivity index (χ4v) is 3.63. The molecule has 1 aliphatic heterocycles. The van der Waals surface area contributed by atoms with E-state index < -0.39 is 0 Å². The molecule has 0 radical (unpaired) electrons. The summed E-state index contributed by atoms with van der Waals surface area (Å²) in [5.41, 5.74) is 7.81. The number of ether oxygens (including phenoxy) is 2. The normalized spacial score (nSPS) is 15.2. The highest BCUT2D eigenvalue weighted by molar-refractivity contribution is 6.12. The van der Waals surface area contributed by atoms with Crippen LogP contribution in [-0.2, 0) is 11.2 Å². The first-order valence-corrected chi connectivity index (χ1v) is 7.99. The van der Waals surface area contributed by atoms with Crippen molar-refractivity contribution in [1.82, 2.24) is 0 Å². The predicted octanol–water partition coefficient (Wildman–Crippen LogP) is 3.82. The number of nitrogens with one attached hydrogen (secondary N) is 1. The van der Waals surface area contributed by atoms with E-state index in [0.29, 0.717) is 17.9 Å². The van der Waals surface area contributed by atoms with Gasteiger partial charge >= 0.3 is 0 Å². The zero-order valence-corrected chi connectivity index (χ0v) is 14.0. The third-order valence-electron chi connectivity index (χ3n) is 4.78. The van der Waals surface area contributed by atoms with Crippen LogP contribution in [-0.4, -0.2) is 20.1 Å². The lowest BCUT2D eigenvalue weighted by atomic mass is 9.97. The molecular formula is C20H19NO3. The Labute approximate surface area is 141 Å². The Balaban J connectivity index is 1.95. The zero-order chi connectivity index (χ0) is 16.8. The van der Waals surface area contributed by atoms with Crippen LogP contribution < -0.4 is 14.8 Å². The Morgan fingerprint density at radius 1 is 0.917 bits per heavy atom. The maximum atomic E-state index is 12.4. The van der Waals surface area contributed by atoms with Crippen LogP contribution in [0.2, 0.25) is 0 Å². The number of carbonyl (C=O) groups excluding carboxylic acids is 1. The number of anilines is 1. The summed E-state index contributed by atoms with van der Waals surface area (Å²) in [6.45, 7) is 2.08. The second kappa shape index (κ2) is 5.41. The number of hydrogen-bond acceptors (Lipinski definition) is 3. The molecule has 1 amide bonds. The van der Waals surface area contributed by atoms with Gasteiger partial charge in [0, 0.05) is 11.6 Å². The Bertz CT molecular complexity index is 896. The first-order valence-electron chi connectivity index (χ1n) is 7.99. The van der Waals surface area contributed by atoms with E-state index in [1.165, 1.54) is 22.3 Å². The summed E-state index contributed by atoms with van der Waals surface area (Å²) in [5, 5.41) is 3.01. The number of benzene rings is 2. The average Bonchev–Trinajstić information content (AvgIpc) is 2.85. The van der Waals surface area contributed by atoms with Gasteiger partial charge in [-0.15, -0.1) is 0 Å². The molecule has 1 aliphatic carbocycles. The van der Waals surface area contributed by atoms with Crippen LogP contribution in [0, 0.1) is 6.92 Å². The lowest BCUT2D eigenvalue weighted by Crippen LogP contribution is -2.11. The van der Waals surface area contributed by atoms with Crippen LogP contribution in [0.3, 0.4) is 0 Å². The highest BCUT2D eigenvalue weighted by atomic mass is 16.5. The van der Waals surface area contributed by atoms with Crippen LogP contribution in [0.1, 0.15) is 28.7 Å². The Hall–Kier alpha value is -2.75. The van der Waals surface area contributed by atoms with Crippen molar-refractivity contribution in [3.8, 4) is 11.5 Å². The van der Waals surface area contributed by atoms with Gasteiger partial charge in [-0.05, 0) is 41.7 Å². The molecule has 4 rings (SSSR count). The molecule has 0 saturated carbocycles. The van der Waals surface area contributed by atoms with Crippen LogP contribution >= 0.6 is 0 Å². The van der Waals surface area contributed by atoms with Crippen molar-refractivity contribution in [1.29, 1.82) is 0 Å². The fraction of sp³-hybridized carbons (Fsp3) is 0.250. The fourth-order valence-electron chi connectivity index (χ4n) is 3.63. The zero-order valence-electron chi connectivity index (χ0n) is 14.0. The van der Waals surface area contributed by atoms with Gasteiger partial charge in [0.05, 0.1) is 26.3 Å². The summed E-state index contributed by atoms with van der Waals surface area (Å²) in [6.07, 6.45) is 1.23. The highest BCUT2D eigenvalue weighted by Gasteiger charge is 2.29. The summed E-state index contributed by atoms with van der Waals surface area (Å²) in [5.74, 6) is 1.29. The van der Waals surface area contributed by atoms with Gasteiger partial charge < -0.3 is 14.8 Å². The van der Waals surface area contributed by atoms with E-state index in [9.17, 15) is 4.79 Å². The van der Waals surface area contributed by atoms with Gasteiger partial charge in [0.1, 0.15) is 0 Å². The van der Waals surface area contributed by atoms with Crippen LogP contribution in [0.5, 0.6) is 11.5 Å². The highest BCUT2D eigenvalue weighted by Crippen LogP contribution is 2.47. The molecule has 2 aliphatic rings. The molecule has 0 fully saturated rings. The van der Waals surface area contributed by atoms with Crippen molar-refractivity contribution in [3.63, 3.8) is 0 Å². The van der Waals surface area contributed by atoms with Crippen molar-refractivity contribution in [2.24, 2.45) is 0 Å². The summed E-state index contributed by atoms with van der Waals surface area (Å²) in [4.78, 5) is 12.4. The maximum absolute atomic E-state index is 12.4. The summed E-state index contributed by atoms with van der Waals surface area (Å²) >= 11 is 0. The molecule has 122 valence electrons. The number of allylic oxidation sites excluding steroid dienone is 1. The van der Waals surface area contributed by atoms with Gasteiger partial charge in [-0.1, -0.05) is 23.8 Å². The molecule has 0 aromatic heterocycles. The quantitative estimate of drug-likeness (QED) is 0.914. The molecule has 4 heteroatoms. The monoisotopic (exact) mass is 321 g/mol. The van der Waals surface area contributed by atoms with Gasteiger partial charge in [0.2, 0.25) is 5.91 Å². The topological polar surface area (TPSA) is 47.6 Å². The first kappa shape index (κ1) is 14.8. The Morgan fingerprint density at radius 2 is 1.62 bits per heavy atom. The van der Waals surface area contributed by atoms with Crippen molar-refractivity contribution < 1.29 is 14.3 Å². The molecule has 4 nitrogen and oxygen atoms in total. The lowest BCUT2D eigenvalue weighted by Gasteiger charge is -2.15. The van der Waals surface area contributed by atoms with E-state index in [1.54, 1.807) is 14.2 Å². The summed E-state index contributed by atoms with van der Waals surface area (Å²) in [7, 11) is 3.23. The Kier molecular flexibility index (Phi) is 3.34. The molecule has 0 saturated heterocycles. The number of aryl methyl sites for hydroxylation is 1. The summed E-state index contributed by atoms with van der Waals surface area (Å²) in [6, 6.07) is 10.3. The Morgan fingerprint density at radius 3 is 2.38 bits per heavy atom. The minimum atomic E-state index is 0.00262. The van der Waals surface area contributed by atoms with E-state index >= 15 is 0 Å². The van der Waals surface area contributed by atoms with E-state index in [1.807, 2.05) is 12.1 Å². The third-order valence-corrected chi connectivity index (χ3v) is 4.78. The molecule has 1 heterocycles. The molecule has 1 N–H and O–H groups in total. The lowest BCUT2D eigenvalue weighted by molar-refractivity contribution is -0.115. The number of methoxy groups -OCH3 is 2. The molecule has 0 atom stereocenters. The second-order valence-corrected chi connectivity index (χ2v) is 6.27. The average molecular weight is 321 g/mol.